The van der Waals surface area contributed by atoms with E-state index in [1.54, 1.807) is 0 Å². The van der Waals surface area contributed by atoms with Gasteiger partial charge in [0.2, 0.25) is 11.8 Å². The van der Waals surface area contributed by atoms with Crippen LogP contribution in [0.2, 0.25) is 5.02 Å². The minimum Gasteiger partial charge on any atom is -0.419 e. The van der Waals surface area contributed by atoms with Crippen molar-refractivity contribution in [2.24, 2.45) is 0 Å². The number of nitrogens with one attached hydrogen (secondary N) is 1. The smallest absolute Gasteiger partial charge is 0.249 e. The van der Waals surface area contributed by atoms with E-state index in [1.807, 2.05) is 24.3 Å². The zero-order valence-electron chi connectivity index (χ0n) is 14.5. The largest absolute Gasteiger partial charge is 0.419 e. The van der Waals surface area contributed by atoms with Crippen molar-refractivity contribution in [3.8, 4) is 11.5 Å². The molecule has 0 radical (unpaired) electrons. The van der Waals surface area contributed by atoms with Crippen molar-refractivity contribution >= 4 is 23.0 Å². The molecule has 1 saturated heterocycles. The fourth-order valence-corrected chi connectivity index (χ4v) is 3.40. The molecule has 0 aliphatic carbocycles. The van der Waals surface area contributed by atoms with Crippen LogP contribution < -0.4 is 10.2 Å². The van der Waals surface area contributed by atoms with E-state index in [2.05, 4.69) is 44.7 Å². The van der Waals surface area contributed by atoms with Gasteiger partial charge in [0.1, 0.15) is 0 Å². The number of aromatic nitrogens is 2. The van der Waals surface area contributed by atoms with E-state index >= 15 is 0 Å². The average molecular weight is 369 g/mol. The Hall–Kier alpha value is -2.53. The van der Waals surface area contributed by atoms with Gasteiger partial charge in [-0.2, -0.15) is 0 Å². The second-order valence-corrected chi connectivity index (χ2v) is 6.84. The lowest BCUT2D eigenvalue weighted by molar-refractivity contribution is 0.515. The molecule has 1 aliphatic rings. The number of hydrogen-bond donors (Lipinski definition) is 1. The lowest BCUT2D eigenvalue weighted by Gasteiger charge is -2.28. The number of rotatable bonds is 5. The van der Waals surface area contributed by atoms with Gasteiger partial charge in [0.05, 0.1) is 17.1 Å². The highest BCUT2D eigenvalue weighted by Crippen LogP contribution is 2.26. The summed E-state index contributed by atoms with van der Waals surface area (Å²) >= 11 is 6.17. The minimum atomic E-state index is 0.438. The van der Waals surface area contributed by atoms with E-state index in [-0.39, 0.29) is 0 Å². The van der Waals surface area contributed by atoms with Crippen LogP contribution in [0, 0.1) is 0 Å². The number of benzene rings is 2. The SMILES string of the molecule is Clc1ccccc1-c1nnc(CNc2ccc(N3CCCCC3)cc2)o1. The van der Waals surface area contributed by atoms with E-state index < -0.39 is 0 Å². The third-order valence-electron chi connectivity index (χ3n) is 4.60. The Bertz CT molecular complexity index is 856. The first-order chi connectivity index (χ1) is 12.8. The summed E-state index contributed by atoms with van der Waals surface area (Å²) in [5, 5.41) is 12.1. The molecule has 1 N–H and O–H groups in total. The summed E-state index contributed by atoms with van der Waals surface area (Å²) in [5.74, 6) is 0.966. The van der Waals surface area contributed by atoms with E-state index in [0.717, 1.165) is 24.3 Å². The summed E-state index contributed by atoms with van der Waals surface area (Å²) in [4.78, 5) is 2.45. The molecule has 0 amide bonds. The Morgan fingerprint density at radius 3 is 2.50 bits per heavy atom. The van der Waals surface area contributed by atoms with E-state index in [1.165, 1.54) is 24.9 Å². The molecule has 5 nitrogen and oxygen atoms in total. The van der Waals surface area contributed by atoms with Crippen molar-refractivity contribution in [1.82, 2.24) is 10.2 Å². The number of halogens is 1. The molecule has 26 heavy (non-hydrogen) atoms. The van der Waals surface area contributed by atoms with Crippen molar-refractivity contribution in [2.75, 3.05) is 23.3 Å². The zero-order valence-corrected chi connectivity index (χ0v) is 15.2. The van der Waals surface area contributed by atoms with Crippen LogP contribution >= 0.6 is 11.6 Å². The van der Waals surface area contributed by atoms with Crippen molar-refractivity contribution in [3.05, 3.63) is 59.4 Å². The topological polar surface area (TPSA) is 54.2 Å². The molecule has 0 atom stereocenters. The molecule has 1 aliphatic heterocycles. The molecule has 2 aromatic carbocycles. The fraction of sp³-hybridized carbons (Fsp3) is 0.300. The van der Waals surface area contributed by atoms with Crippen molar-refractivity contribution in [2.45, 2.75) is 25.8 Å². The fourth-order valence-electron chi connectivity index (χ4n) is 3.19. The first-order valence-corrected chi connectivity index (χ1v) is 9.33. The number of anilines is 2. The molecule has 6 heteroatoms. The lowest BCUT2D eigenvalue weighted by atomic mass is 10.1. The molecule has 3 aromatic rings. The molecule has 0 saturated carbocycles. The molecule has 2 heterocycles. The summed E-state index contributed by atoms with van der Waals surface area (Å²) in [6.07, 6.45) is 3.91. The van der Waals surface area contributed by atoms with Crippen LogP contribution in [-0.2, 0) is 6.54 Å². The Morgan fingerprint density at radius 2 is 1.73 bits per heavy atom. The Labute approximate surface area is 158 Å². The second kappa shape index (κ2) is 7.79. The van der Waals surface area contributed by atoms with Crippen molar-refractivity contribution in [3.63, 3.8) is 0 Å². The van der Waals surface area contributed by atoms with Gasteiger partial charge in [-0.3, -0.25) is 0 Å². The minimum absolute atomic E-state index is 0.438. The van der Waals surface area contributed by atoms with Gasteiger partial charge in [-0.15, -0.1) is 10.2 Å². The molecule has 1 aromatic heterocycles. The summed E-state index contributed by atoms with van der Waals surface area (Å²) < 4.78 is 5.71. The maximum Gasteiger partial charge on any atom is 0.249 e. The Balaban J connectivity index is 1.38. The van der Waals surface area contributed by atoms with E-state index in [0.29, 0.717) is 23.3 Å². The Morgan fingerprint density at radius 1 is 0.962 bits per heavy atom. The van der Waals surface area contributed by atoms with Gasteiger partial charge in [-0.25, -0.2) is 0 Å². The first kappa shape index (κ1) is 16.9. The monoisotopic (exact) mass is 368 g/mol. The van der Waals surface area contributed by atoms with Gasteiger partial charge >= 0.3 is 0 Å². The third kappa shape index (κ3) is 3.83. The van der Waals surface area contributed by atoms with Crippen LogP contribution in [0.25, 0.3) is 11.5 Å². The molecule has 134 valence electrons. The lowest BCUT2D eigenvalue weighted by Crippen LogP contribution is -2.29. The number of piperidine rings is 1. The van der Waals surface area contributed by atoms with Crippen LogP contribution in [0.3, 0.4) is 0 Å². The molecule has 0 bridgehead atoms. The van der Waals surface area contributed by atoms with Crippen LogP contribution in [0.15, 0.2) is 52.9 Å². The quantitative estimate of drug-likeness (QED) is 0.687. The Kier molecular flexibility index (Phi) is 5.07. The molecular formula is C20H21ClN4O. The first-order valence-electron chi connectivity index (χ1n) is 8.96. The zero-order chi connectivity index (χ0) is 17.8. The van der Waals surface area contributed by atoms with Crippen LogP contribution in [0.4, 0.5) is 11.4 Å². The third-order valence-corrected chi connectivity index (χ3v) is 4.93. The van der Waals surface area contributed by atoms with Crippen LogP contribution in [0.1, 0.15) is 25.2 Å². The summed E-state index contributed by atoms with van der Waals surface area (Å²) in [6.45, 7) is 2.78. The highest BCUT2D eigenvalue weighted by molar-refractivity contribution is 6.33. The maximum atomic E-state index is 6.17. The molecule has 0 unspecified atom stereocenters. The second-order valence-electron chi connectivity index (χ2n) is 6.43. The van der Waals surface area contributed by atoms with Crippen molar-refractivity contribution < 1.29 is 4.42 Å². The number of nitrogens with zero attached hydrogens (tertiary/aromatic N) is 3. The van der Waals surface area contributed by atoms with E-state index in [4.69, 9.17) is 16.0 Å². The highest BCUT2D eigenvalue weighted by Gasteiger charge is 2.12. The standard InChI is InChI=1S/C20H21ClN4O/c21-18-7-3-2-6-17(18)20-24-23-19(26-20)14-22-15-8-10-16(11-9-15)25-12-4-1-5-13-25/h2-3,6-11,22H,1,4-5,12-14H2. The van der Waals surface area contributed by atoms with Crippen LogP contribution in [-0.4, -0.2) is 23.3 Å². The van der Waals surface area contributed by atoms with Gasteiger partial charge < -0.3 is 14.6 Å². The molecule has 1 fully saturated rings. The normalized spacial score (nSPS) is 14.4. The molecule has 0 spiro atoms. The molecular weight excluding hydrogens is 348 g/mol. The van der Waals surface area contributed by atoms with Crippen LogP contribution in [0.5, 0.6) is 0 Å². The summed E-state index contributed by atoms with van der Waals surface area (Å²) in [6, 6.07) is 16.0. The summed E-state index contributed by atoms with van der Waals surface area (Å²) in [5.41, 5.74) is 3.07. The molecule has 4 rings (SSSR count). The van der Waals surface area contributed by atoms with Gasteiger partial charge in [-0.05, 0) is 55.7 Å². The van der Waals surface area contributed by atoms with Gasteiger partial charge in [0.15, 0.2) is 0 Å². The van der Waals surface area contributed by atoms with Gasteiger partial charge in [0, 0.05) is 24.5 Å². The average Bonchev–Trinajstić information content (AvgIpc) is 3.17. The van der Waals surface area contributed by atoms with E-state index in [9.17, 15) is 0 Å². The predicted molar refractivity (Wildman–Crippen MR) is 105 cm³/mol. The van der Waals surface area contributed by atoms with Gasteiger partial charge in [0.25, 0.3) is 0 Å². The highest BCUT2D eigenvalue weighted by atomic mass is 35.5. The van der Waals surface area contributed by atoms with Crippen molar-refractivity contribution in [1.29, 1.82) is 0 Å². The number of hydrogen-bond acceptors (Lipinski definition) is 5. The summed E-state index contributed by atoms with van der Waals surface area (Å²) in [7, 11) is 0. The predicted octanol–water partition coefficient (Wildman–Crippen LogP) is 4.99. The van der Waals surface area contributed by atoms with Gasteiger partial charge in [-0.1, -0.05) is 23.7 Å². The maximum absolute atomic E-state index is 6.17.